The number of nitrogens with one attached hydrogen (secondary N) is 1. The SMILES string of the molecule is CCOc1cccc(N)c1C(=O)NC1CCS(=O)(=O)C1. The van der Waals surface area contributed by atoms with Crippen molar-refractivity contribution in [1.29, 1.82) is 0 Å². The highest BCUT2D eigenvalue weighted by molar-refractivity contribution is 7.91. The van der Waals surface area contributed by atoms with Crippen LogP contribution in [0, 0.1) is 0 Å². The van der Waals surface area contributed by atoms with Crippen molar-refractivity contribution in [3.8, 4) is 5.75 Å². The largest absolute Gasteiger partial charge is 0.493 e. The molecule has 2 rings (SSSR count). The first-order valence-corrected chi connectivity index (χ1v) is 8.27. The third kappa shape index (κ3) is 3.22. The lowest BCUT2D eigenvalue weighted by Gasteiger charge is -2.15. The fraction of sp³-hybridized carbons (Fsp3) is 0.462. The van der Waals surface area contributed by atoms with Gasteiger partial charge in [0.05, 0.1) is 18.1 Å². The van der Waals surface area contributed by atoms with E-state index in [1.165, 1.54) is 0 Å². The van der Waals surface area contributed by atoms with Crippen molar-refractivity contribution in [3.05, 3.63) is 23.8 Å². The zero-order chi connectivity index (χ0) is 14.8. The Bertz CT molecular complexity index is 613. The Morgan fingerprint density at radius 2 is 2.25 bits per heavy atom. The smallest absolute Gasteiger partial charge is 0.257 e. The third-order valence-electron chi connectivity index (χ3n) is 3.15. The minimum Gasteiger partial charge on any atom is -0.493 e. The second kappa shape index (κ2) is 5.70. The van der Waals surface area contributed by atoms with E-state index in [9.17, 15) is 13.2 Å². The van der Waals surface area contributed by atoms with Gasteiger partial charge in [0.2, 0.25) is 0 Å². The van der Waals surface area contributed by atoms with E-state index in [4.69, 9.17) is 10.5 Å². The van der Waals surface area contributed by atoms with Crippen LogP contribution >= 0.6 is 0 Å². The molecule has 1 aromatic carbocycles. The number of anilines is 1. The van der Waals surface area contributed by atoms with Crippen molar-refractivity contribution in [2.45, 2.75) is 19.4 Å². The van der Waals surface area contributed by atoms with Crippen molar-refractivity contribution in [2.24, 2.45) is 0 Å². The van der Waals surface area contributed by atoms with Gasteiger partial charge in [-0.3, -0.25) is 4.79 Å². The molecule has 7 heteroatoms. The maximum atomic E-state index is 12.3. The van der Waals surface area contributed by atoms with Gasteiger partial charge in [-0.2, -0.15) is 0 Å². The van der Waals surface area contributed by atoms with Crippen LogP contribution in [0.2, 0.25) is 0 Å². The van der Waals surface area contributed by atoms with E-state index in [0.29, 0.717) is 24.5 Å². The Balaban J connectivity index is 2.17. The molecular formula is C13H18N2O4S. The van der Waals surface area contributed by atoms with Crippen molar-refractivity contribution in [1.82, 2.24) is 5.32 Å². The molecule has 1 unspecified atom stereocenters. The molecule has 0 aromatic heterocycles. The van der Waals surface area contributed by atoms with Crippen LogP contribution < -0.4 is 15.8 Å². The Morgan fingerprint density at radius 3 is 2.85 bits per heavy atom. The number of nitrogens with two attached hydrogens (primary N) is 1. The number of hydrogen-bond donors (Lipinski definition) is 2. The molecule has 20 heavy (non-hydrogen) atoms. The highest BCUT2D eigenvalue weighted by Gasteiger charge is 2.30. The number of ether oxygens (including phenoxy) is 1. The number of benzene rings is 1. The molecular weight excluding hydrogens is 280 g/mol. The van der Waals surface area contributed by atoms with Crippen LogP contribution in [-0.2, 0) is 9.84 Å². The predicted octanol–water partition coefficient (Wildman–Crippen LogP) is 0.584. The highest BCUT2D eigenvalue weighted by atomic mass is 32.2. The summed E-state index contributed by atoms with van der Waals surface area (Å²) in [6.45, 7) is 2.23. The molecule has 0 bridgehead atoms. The number of nitrogen functional groups attached to an aromatic ring is 1. The Labute approximate surface area is 118 Å². The molecule has 1 atom stereocenters. The van der Waals surface area contributed by atoms with Crippen molar-refractivity contribution in [3.63, 3.8) is 0 Å². The second-order valence-electron chi connectivity index (χ2n) is 4.73. The Morgan fingerprint density at radius 1 is 1.50 bits per heavy atom. The van der Waals surface area contributed by atoms with E-state index in [1.807, 2.05) is 6.92 Å². The van der Waals surface area contributed by atoms with E-state index < -0.39 is 15.7 Å². The molecule has 0 radical (unpaired) electrons. The van der Waals surface area contributed by atoms with Crippen LogP contribution in [0.25, 0.3) is 0 Å². The van der Waals surface area contributed by atoms with E-state index in [2.05, 4.69) is 5.32 Å². The van der Waals surface area contributed by atoms with Gasteiger partial charge in [0.1, 0.15) is 11.3 Å². The Hall–Kier alpha value is -1.76. The van der Waals surface area contributed by atoms with Gasteiger partial charge >= 0.3 is 0 Å². The van der Waals surface area contributed by atoms with Crippen molar-refractivity contribution >= 4 is 21.4 Å². The zero-order valence-electron chi connectivity index (χ0n) is 11.3. The van der Waals surface area contributed by atoms with Crippen LogP contribution in [0.4, 0.5) is 5.69 Å². The van der Waals surface area contributed by atoms with E-state index in [-0.39, 0.29) is 23.1 Å². The molecule has 0 spiro atoms. The molecule has 0 aliphatic carbocycles. The lowest BCUT2D eigenvalue weighted by atomic mass is 10.1. The predicted molar refractivity (Wildman–Crippen MR) is 76.5 cm³/mol. The maximum Gasteiger partial charge on any atom is 0.257 e. The molecule has 6 nitrogen and oxygen atoms in total. The van der Waals surface area contributed by atoms with Gasteiger partial charge in [-0.05, 0) is 25.5 Å². The summed E-state index contributed by atoms with van der Waals surface area (Å²) in [7, 11) is -3.03. The van der Waals surface area contributed by atoms with Gasteiger partial charge in [0.15, 0.2) is 9.84 Å². The molecule has 1 saturated heterocycles. The minimum atomic E-state index is -3.03. The quantitative estimate of drug-likeness (QED) is 0.792. The summed E-state index contributed by atoms with van der Waals surface area (Å²) in [4.78, 5) is 12.3. The molecule has 1 aromatic rings. The van der Waals surface area contributed by atoms with Crippen LogP contribution in [0.5, 0.6) is 5.75 Å². The fourth-order valence-corrected chi connectivity index (χ4v) is 3.91. The molecule has 1 aliphatic heterocycles. The molecule has 0 saturated carbocycles. The summed E-state index contributed by atoms with van der Waals surface area (Å²) in [5.41, 5.74) is 6.40. The normalized spacial score (nSPS) is 20.6. The summed E-state index contributed by atoms with van der Waals surface area (Å²) in [5.74, 6) is 0.107. The fourth-order valence-electron chi connectivity index (χ4n) is 2.23. The van der Waals surface area contributed by atoms with Gasteiger partial charge in [-0.15, -0.1) is 0 Å². The molecule has 1 aliphatic rings. The van der Waals surface area contributed by atoms with E-state index in [1.54, 1.807) is 18.2 Å². The molecule has 1 fully saturated rings. The molecule has 3 N–H and O–H groups in total. The van der Waals surface area contributed by atoms with Crippen LogP contribution in [0.3, 0.4) is 0 Å². The monoisotopic (exact) mass is 298 g/mol. The van der Waals surface area contributed by atoms with Crippen molar-refractivity contribution in [2.75, 3.05) is 23.8 Å². The standard InChI is InChI=1S/C13H18N2O4S/c1-2-19-11-5-3-4-10(14)12(11)13(16)15-9-6-7-20(17,18)8-9/h3-5,9H,2,6-8,14H2,1H3,(H,15,16). The van der Waals surface area contributed by atoms with Crippen molar-refractivity contribution < 1.29 is 17.9 Å². The summed E-state index contributed by atoms with van der Waals surface area (Å²) in [6.07, 6.45) is 0.435. The third-order valence-corrected chi connectivity index (χ3v) is 4.92. The minimum absolute atomic E-state index is 0.0184. The number of hydrogen-bond acceptors (Lipinski definition) is 5. The lowest BCUT2D eigenvalue weighted by Crippen LogP contribution is -2.36. The van der Waals surface area contributed by atoms with Crippen LogP contribution in [0.15, 0.2) is 18.2 Å². The first-order valence-electron chi connectivity index (χ1n) is 6.45. The topological polar surface area (TPSA) is 98.5 Å². The first kappa shape index (κ1) is 14.6. The lowest BCUT2D eigenvalue weighted by molar-refractivity contribution is 0.0938. The van der Waals surface area contributed by atoms with Gasteiger partial charge in [0, 0.05) is 11.7 Å². The van der Waals surface area contributed by atoms with Gasteiger partial charge in [-0.1, -0.05) is 6.07 Å². The zero-order valence-corrected chi connectivity index (χ0v) is 12.1. The second-order valence-corrected chi connectivity index (χ2v) is 6.96. The number of carbonyl (C=O) groups is 1. The van der Waals surface area contributed by atoms with E-state index >= 15 is 0 Å². The number of sulfone groups is 1. The maximum absolute atomic E-state index is 12.3. The Kier molecular flexibility index (Phi) is 4.17. The molecule has 1 heterocycles. The number of rotatable bonds is 4. The summed E-state index contributed by atoms with van der Waals surface area (Å²) in [6, 6.07) is 4.63. The summed E-state index contributed by atoms with van der Waals surface area (Å²) < 4.78 is 28.2. The first-order chi connectivity index (χ1) is 9.43. The molecule has 1 amide bonds. The average molecular weight is 298 g/mol. The number of amides is 1. The van der Waals surface area contributed by atoms with E-state index in [0.717, 1.165) is 0 Å². The van der Waals surface area contributed by atoms with Gasteiger partial charge in [0.25, 0.3) is 5.91 Å². The summed E-state index contributed by atoms with van der Waals surface area (Å²) >= 11 is 0. The van der Waals surface area contributed by atoms with Crippen LogP contribution in [0.1, 0.15) is 23.7 Å². The molecule has 110 valence electrons. The highest BCUT2D eigenvalue weighted by Crippen LogP contribution is 2.25. The van der Waals surface area contributed by atoms with Gasteiger partial charge < -0.3 is 15.8 Å². The average Bonchev–Trinajstić information content (AvgIpc) is 2.69. The summed E-state index contributed by atoms with van der Waals surface area (Å²) in [5, 5.41) is 2.71. The van der Waals surface area contributed by atoms with Crippen LogP contribution in [-0.4, -0.2) is 38.5 Å². The number of carbonyl (C=O) groups excluding carboxylic acids is 1. The van der Waals surface area contributed by atoms with Gasteiger partial charge in [-0.25, -0.2) is 8.42 Å².